The van der Waals surface area contributed by atoms with E-state index in [4.69, 9.17) is 0 Å². The molecule has 7 nitrogen and oxygen atoms in total. The summed E-state index contributed by atoms with van der Waals surface area (Å²) in [6, 6.07) is 4.72. The molecule has 0 unspecified atom stereocenters. The highest BCUT2D eigenvalue weighted by Crippen LogP contribution is 2.32. The summed E-state index contributed by atoms with van der Waals surface area (Å²) in [6.07, 6.45) is 1.89. The number of amides is 1. The lowest BCUT2D eigenvalue weighted by Crippen LogP contribution is -2.43. The van der Waals surface area contributed by atoms with Gasteiger partial charge in [-0.15, -0.1) is 0 Å². The number of aliphatic hydroxyl groups excluding tert-OH is 1. The average Bonchev–Trinajstić information content (AvgIpc) is 2.58. The number of nitrogens with zero attached hydrogens (tertiary/aromatic N) is 2. The van der Waals surface area contributed by atoms with Gasteiger partial charge in [0.05, 0.1) is 11.5 Å². The van der Waals surface area contributed by atoms with Crippen LogP contribution < -0.4 is 10.2 Å². The normalized spacial score (nSPS) is 18.1. The van der Waals surface area contributed by atoms with E-state index < -0.39 is 5.41 Å². The summed E-state index contributed by atoms with van der Waals surface area (Å²) in [7, 11) is 0. The van der Waals surface area contributed by atoms with Gasteiger partial charge in [0.25, 0.3) is 5.69 Å². The molecule has 2 N–H and O–H groups in total. The molecule has 2 rings (SSSR count). The number of rotatable bonds is 5. The van der Waals surface area contributed by atoms with Gasteiger partial charge in [0, 0.05) is 31.1 Å². The summed E-state index contributed by atoms with van der Waals surface area (Å²) in [6.45, 7) is 7.43. The molecular formula is C18H27N3O4. The Kier molecular flexibility index (Phi) is 6.00. The van der Waals surface area contributed by atoms with Crippen molar-refractivity contribution in [1.29, 1.82) is 0 Å². The molecule has 1 aliphatic rings. The first-order valence-electron chi connectivity index (χ1n) is 8.64. The summed E-state index contributed by atoms with van der Waals surface area (Å²) in [5, 5.41) is 23.6. The fourth-order valence-corrected chi connectivity index (χ4v) is 3.03. The van der Waals surface area contributed by atoms with E-state index in [0.29, 0.717) is 24.3 Å². The first-order chi connectivity index (χ1) is 11.7. The van der Waals surface area contributed by atoms with Gasteiger partial charge in [-0.3, -0.25) is 14.9 Å². The molecule has 0 spiro atoms. The van der Waals surface area contributed by atoms with Gasteiger partial charge in [-0.1, -0.05) is 20.8 Å². The van der Waals surface area contributed by atoms with Crippen LogP contribution in [0.4, 0.5) is 11.4 Å². The van der Waals surface area contributed by atoms with Crippen molar-refractivity contribution >= 4 is 17.3 Å². The lowest BCUT2D eigenvalue weighted by molar-refractivity contribution is -0.384. The molecule has 1 heterocycles. The number of hydrogen-bond acceptors (Lipinski definition) is 5. The van der Waals surface area contributed by atoms with E-state index >= 15 is 0 Å². The number of carbonyl (C=O) groups excluding carboxylic acids is 1. The van der Waals surface area contributed by atoms with E-state index in [-0.39, 0.29) is 29.0 Å². The van der Waals surface area contributed by atoms with Crippen LogP contribution in [0, 0.1) is 21.4 Å². The minimum absolute atomic E-state index is 0.0119. The quantitative estimate of drug-likeness (QED) is 0.629. The molecule has 1 aliphatic heterocycles. The summed E-state index contributed by atoms with van der Waals surface area (Å²) < 4.78 is 0. The third kappa shape index (κ3) is 4.92. The smallest absolute Gasteiger partial charge is 0.292 e. The molecule has 0 aliphatic carbocycles. The van der Waals surface area contributed by atoms with E-state index in [0.717, 1.165) is 19.4 Å². The first kappa shape index (κ1) is 19.2. The number of piperidine rings is 1. The van der Waals surface area contributed by atoms with Gasteiger partial charge in [0.15, 0.2) is 0 Å². The fourth-order valence-electron chi connectivity index (χ4n) is 3.03. The Hall–Kier alpha value is -2.15. The number of benzene rings is 1. The second kappa shape index (κ2) is 7.82. The minimum atomic E-state index is -0.428. The highest BCUT2D eigenvalue weighted by Gasteiger charge is 2.27. The van der Waals surface area contributed by atoms with Crippen LogP contribution in [-0.4, -0.2) is 35.6 Å². The molecule has 0 radical (unpaired) electrons. The fraction of sp³-hybridized carbons (Fsp3) is 0.611. The van der Waals surface area contributed by atoms with Crippen molar-refractivity contribution in [2.45, 2.75) is 40.2 Å². The Labute approximate surface area is 148 Å². The van der Waals surface area contributed by atoms with Crippen molar-refractivity contribution in [3.8, 4) is 0 Å². The van der Waals surface area contributed by atoms with Crippen LogP contribution in [-0.2, 0) is 11.4 Å². The number of nitrogens with one attached hydrogen (secondary N) is 1. The second-order valence-electron chi connectivity index (χ2n) is 7.65. The summed E-state index contributed by atoms with van der Waals surface area (Å²) in [5.74, 6) is 0.260. The highest BCUT2D eigenvalue weighted by molar-refractivity contribution is 5.81. The lowest BCUT2D eigenvalue weighted by atomic mass is 9.93. The van der Waals surface area contributed by atoms with Crippen LogP contribution in [0.2, 0.25) is 0 Å². The van der Waals surface area contributed by atoms with E-state index in [1.54, 1.807) is 12.1 Å². The minimum Gasteiger partial charge on any atom is -0.392 e. The van der Waals surface area contributed by atoms with Gasteiger partial charge in [0.1, 0.15) is 5.69 Å². The van der Waals surface area contributed by atoms with E-state index in [1.807, 2.05) is 25.7 Å². The molecule has 1 saturated heterocycles. The maximum atomic E-state index is 12.0. The van der Waals surface area contributed by atoms with Crippen LogP contribution in [0.3, 0.4) is 0 Å². The van der Waals surface area contributed by atoms with Gasteiger partial charge < -0.3 is 15.3 Å². The summed E-state index contributed by atoms with van der Waals surface area (Å²) in [4.78, 5) is 25.0. The largest absolute Gasteiger partial charge is 0.392 e. The van der Waals surface area contributed by atoms with Gasteiger partial charge >= 0.3 is 0 Å². The number of nitro groups is 1. The molecule has 0 aromatic heterocycles. The topological polar surface area (TPSA) is 95.7 Å². The monoisotopic (exact) mass is 349 g/mol. The van der Waals surface area contributed by atoms with Crippen LogP contribution in [0.25, 0.3) is 0 Å². The Morgan fingerprint density at radius 1 is 1.44 bits per heavy atom. The maximum absolute atomic E-state index is 12.0. The Morgan fingerprint density at radius 2 is 2.16 bits per heavy atom. The Balaban J connectivity index is 2.10. The lowest BCUT2D eigenvalue weighted by Gasteiger charge is -2.34. The average molecular weight is 349 g/mol. The molecule has 0 bridgehead atoms. The van der Waals surface area contributed by atoms with E-state index in [2.05, 4.69) is 5.32 Å². The van der Waals surface area contributed by atoms with Crippen LogP contribution in [0.1, 0.15) is 39.2 Å². The molecule has 1 aromatic rings. The molecule has 1 aromatic carbocycles. The first-order valence-corrected chi connectivity index (χ1v) is 8.64. The van der Waals surface area contributed by atoms with Gasteiger partial charge in [-0.2, -0.15) is 0 Å². The molecular weight excluding hydrogens is 322 g/mol. The van der Waals surface area contributed by atoms with Crippen molar-refractivity contribution in [1.82, 2.24) is 5.32 Å². The zero-order chi connectivity index (χ0) is 18.6. The standard InChI is InChI=1S/C18H27N3O4/c1-18(2,3)17(23)19-10-14-5-4-8-20(11-14)16-9-13(12-22)6-7-15(16)21(24)25/h6-7,9,14,22H,4-5,8,10-12H2,1-3H3,(H,19,23)/t14-/m1/s1. The Bertz CT molecular complexity index is 640. The number of aliphatic hydroxyl groups is 1. The van der Waals surface area contributed by atoms with Crippen molar-refractivity contribution in [2.75, 3.05) is 24.5 Å². The third-order valence-corrected chi connectivity index (χ3v) is 4.51. The van der Waals surface area contributed by atoms with Crippen molar-refractivity contribution < 1.29 is 14.8 Å². The van der Waals surface area contributed by atoms with Crippen LogP contribution in [0.5, 0.6) is 0 Å². The van der Waals surface area contributed by atoms with Gasteiger partial charge in [-0.25, -0.2) is 0 Å². The molecule has 1 fully saturated rings. The molecule has 138 valence electrons. The number of hydrogen-bond donors (Lipinski definition) is 2. The SMILES string of the molecule is CC(C)(C)C(=O)NC[C@H]1CCCN(c2cc(CO)ccc2[N+](=O)[O-])C1. The predicted molar refractivity (Wildman–Crippen MR) is 96.4 cm³/mol. The van der Waals surface area contributed by atoms with Gasteiger partial charge in [0.2, 0.25) is 5.91 Å². The van der Waals surface area contributed by atoms with E-state index in [9.17, 15) is 20.0 Å². The number of anilines is 1. The molecule has 25 heavy (non-hydrogen) atoms. The van der Waals surface area contributed by atoms with Gasteiger partial charge in [-0.05, 0) is 36.5 Å². The summed E-state index contributed by atoms with van der Waals surface area (Å²) >= 11 is 0. The second-order valence-corrected chi connectivity index (χ2v) is 7.65. The molecule has 0 saturated carbocycles. The molecule has 1 atom stereocenters. The van der Waals surface area contributed by atoms with Crippen molar-refractivity contribution in [3.05, 3.63) is 33.9 Å². The third-order valence-electron chi connectivity index (χ3n) is 4.51. The maximum Gasteiger partial charge on any atom is 0.292 e. The zero-order valence-corrected chi connectivity index (χ0v) is 15.1. The van der Waals surface area contributed by atoms with Crippen molar-refractivity contribution in [2.24, 2.45) is 11.3 Å². The predicted octanol–water partition coefficient (Wildman–Crippen LogP) is 2.47. The number of carbonyl (C=O) groups is 1. The molecule has 7 heteroatoms. The van der Waals surface area contributed by atoms with Crippen LogP contribution in [0.15, 0.2) is 18.2 Å². The highest BCUT2D eigenvalue weighted by atomic mass is 16.6. The molecule has 1 amide bonds. The summed E-state index contributed by atoms with van der Waals surface area (Å²) in [5.41, 5.74) is 0.825. The van der Waals surface area contributed by atoms with Crippen LogP contribution >= 0.6 is 0 Å². The number of nitro benzene ring substituents is 1. The van der Waals surface area contributed by atoms with E-state index in [1.165, 1.54) is 6.07 Å². The zero-order valence-electron chi connectivity index (χ0n) is 15.1. The Morgan fingerprint density at radius 3 is 2.76 bits per heavy atom. The van der Waals surface area contributed by atoms with Crippen molar-refractivity contribution in [3.63, 3.8) is 0 Å².